The second-order valence-electron chi connectivity index (χ2n) is 6.41. The summed E-state index contributed by atoms with van der Waals surface area (Å²) in [4.78, 5) is 14.2. The highest BCUT2D eigenvalue weighted by Gasteiger charge is 2.43. The number of methoxy groups -OCH3 is 1. The molecule has 1 fully saturated rings. The summed E-state index contributed by atoms with van der Waals surface area (Å²) < 4.78 is 18.7. The van der Waals surface area contributed by atoms with E-state index in [9.17, 15) is 14.4 Å². The van der Waals surface area contributed by atoms with Gasteiger partial charge < -0.3 is 10.1 Å². The fourth-order valence-corrected chi connectivity index (χ4v) is 2.76. The number of nitriles is 1. The zero-order valence-electron chi connectivity index (χ0n) is 14.4. The Labute approximate surface area is 142 Å². The van der Waals surface area contributed by atoms with Crippen LogP contribution in [0.3, 0.4) is 0 Å². The topological polar surface area (TPSA) is 65.4 Å². The molecule has 0 radical (unpaired) electrons. The number of hydrogen-bond donors (Lipinski definition) is 1. The number of carbonyl (C=O) groups excluding carboxylic acids is 1. The molecule has 0 saturated heterocycles. The first kappa shape index (κ1) is 18.2. The van der Waals surface area contributed by atoms with Crippen LogP contribution in [0.25, 0.3) is 0 Å². The van der Waals surface area contributed by atoms with Crippen LogP contribution in [0, 0.1) is 23.1 Å². The molecule has 5 nitrogen and oxygen atoms in total. The van der Waals surface area contributed by atoms with Crippen molar-refractivity contribution in [1.82, 2.24) is 10.2 Å². The second kappa shape index (κ2) is 7.63. The van der Waals surface area contributed by atoms with E-state index in [2.05, 4.69) is 11.4 Å². The summed E-state index contributed by atoms with van der Waals surface area (Å²) in [5.41, 5.74) is -0.0175. The normalized spacial score (nSPS) is 16.3. The van der Waals surface area contributed by atoms with Crippen LogP contribution in [0.15, 0.2) is 18.2 Å². The molecule has 0 spiro atoms. The minimum absolute atomic E-state index is 0.175. The summed E-state index contributed by atoms with van der Waals surface area (Å²) in [6.45, 7) is 4.99. The summed E-state index contributed by atoms with van der Waals surface area (Å²) in [7, 11) is 1.42. The number of rotatable bonds is 8. The van der Waals surface area contributed by atoms with E-state index in [1.807, 2.05) is 11.8 Å². The van der Waals surface area contributed by atoms with Crippen molar-refractivity contribution in [3.63, 3.8) is 0 Å². The fourth-order valence-electron chi connectivity index (χ4n) is 2.76. The van der Waals surface area contributed by atoms with Crippen molar-refractivity contribution < 1.29 is 13.9 Å². The molecule has 130 valence electrons. The first-order valence-electron chi connectivity index (χ1n) is 8.19. The van der Waals surface area contributed by atoms with Gasteiger partial charge in [-0.15, -0.1) is 0 Å². The molecule has 1 atom stereocenters. The van der Waals surface area contributed by atoms with Crippen LogP contribution >= 0.6 is 0 Å². The average Bonchev–Trinajstić information content (AvgIpc) is 3.39. The Balaban J connectivity index is 1.95. The van der Waals surface area contributed by atoms with Crippen molar-refractivity contribution in [3.05, 3.63) is 29.6 Å². The van der Waals surface area contributed by atoms with Gasteiger partial charge in [-0.2, -0.15) is 5.26 Å². The van der Waals surface area contributed by atoms with Gasteiger partial charge in [0.2, 0.25) is 5.91 Å². The summed E-state index contributed by atoms with van der Waals surface area (Å²) in [5, 5.41) is 12.2. The first-order chi connectivity index (χ1) is 11.4. The third-order valence-electron chi connectivity index (χ3n) is 4.46. The average molecular weight is 333 g/mol. The highest BCUT2D eigenvalue weighted by atomic mass is 19.1. The Morgan fingerprint density at radius 3 is 2.75 bits per heavy atom. The molecule has 1 aliphatic carbocycles. The van der Waals surface area contributed by atoms with E-state index in [0.717, 1.165) is 18.4 Å². The molecule has 1 amide bonds. The predicted octanol–water partition coefficient (Wildman–Crippen LogP) is 2.46. The Bertz CT molecular complexity index is 640. The van der Waals surface area contributed by atoms with Crippen LogP contribution in [0.2, 0.25) is 0 Å². The quantitative estimate of drug-likeness (QED) is 0.794. The number of halogens is 1. The van der Waals surface area contributed by atoms with E-state index < -0.39 is 11.4 Å². The van der Waals surface area contributed by atoms with Gasteiger partial charge in [-0.25, -0.2) is 4.39 Å². The Hall–Kier alpha value is -2.13. The molecule has 1 aliphatic rings. The zero-order valence-corrected chi connectivity index (χ0v) is 14.4. The summed E-state index contributed by atoms with van der Waals surface area (Å²) in [6, 6.07) is 7.00. The molecule has 1 aromatic carbocycles. The highest BCUT2D eigenvalue weighted by Crippen LogP contribution is 2.39. The highest BCUT2D eigenvalue weighted by molar-refractivity contribution is 5.79. The number of ether oxygens (including phenoxy) is 1. The molecule has 0 heterocycles. The molecule has 0 unspecified atom stereocenters. The van der Waals surface area contributed by atoms with E-state index in [-0.39, 0.29) is 24.1 Å². The molecule has 0 aliphatic heterocycles. The van der Waals surface area contributed by atoms with Gasteiger partial charge in [-0.05, 0) is 49.9 Å². The van der Waals surface area contributed by atoms with Crippen molar-refractivity contribution in [2.24, 2.45) is 5.92 Å². The van der Waals surface area contributed by atoms with Crippen molar-refractivity contribution >= 4 is 5.91 Å². The number of benzene rings is 1. The number of hydrogen-bond acceptors (Lipinski definition) is 4. The molecule has 1 saturated carbocycles. The molecule has 0 aromatic heterocycles. The molecular weight excluding hydrogens is 309 g/mol. The van der Waals surface area contributed by atoms with Crippen LogP contribution in [-0.2, 0) is 11.3 Å². The van der Waals surface area contributed by atoms with Gasteiger partial charge in [0.1, 0.15) is 5.54 Å². The third kappa shape index (κ3) is 4.45. The van der Waals surface area contributed by atoms with Gasteiger partial charge in [0.25, 0.3) is 0 Å². The maximum Gasteiger partial charge on any atom is 0.235 e. The van der Waals surface area contributed by atoms with E-state index >= 15 is 0 Å². The minimum Gasteiger partial charge on any atom is -0.494 e. The SMILES string of the molecule is CCN(CC(=O)N[C@@](C)(C#N)C1CC1)Cc1ccc(OC)c(F)c1. The van der Waals surface area contributed by atoms with Crippen LogP contribution < -0.4 is 10.1 Å². The Morgan fingerprint density at radius 2 is 2.25 bits per heavy atom. The van der Waals surface area contributed by atoms with Gasteiger partial charge >= 0.3 is 0 Å². The third-order valence-corrected chi connectivity index (χ3v) is 4.46. The summed E-state index contributed by atoms with van der Waals surface area (Å²) in [5.74, 6) is -0.144. The lowest BCUT2D eigenvalue weighted by Crippen LogP contribution is -2.50. The molecule has 2 rings (SSSR count). The molecule has 1 aromatic rings. The van der Waals surface area contributed by atoms with E-state index in [4.69, 9.17) is 4.74 Å². The van der Waals surface area contributed by atoms with Gasteiger partial charge in [0.15, 0.2) is 11.6 Å². The standard InChI is InChI=1S/C18H24FN3O2/c1-4-22(10-13-5-8-16(24-3)15(19)9-13)11-17(23)21-18(2,12-20)14-6-7-14/h5,8-9,14H,4,6-7,10-11H2,1-3H3,(H,21,23)/t18-/m0/s1. The molecule has 24 heavy (non-hydrogen) atoms. The van der Waals surface area contributed by atoms with Crippen LogP contribution in [0.5, 0.6) is 5.75 Å². The molecule has 6 heteroatoms. The minimum atomic E-state index is -0.789. The van der Waals surface area contributed by atoms with Crippen LogP contribution in [-0.4, -0.2) is 36.5 Å². The molecule has 1 N–H and O–H groups in total. The number of likely N-dealkylation sites (N-methyl/N-ethyl adjacent to an activating group) is 1. The number of carbonyl (C=O) groups is 1. The zero-order chi connectivity index (χ0) is 17.7. The van der Waals surface area contributed by atoms with Crippen molar-refractivity contribution in [2.45, 2.75) is 38.8 Å². The maximum atomic E-state index is 13.8. The monoisotopic (exact) mass is 333 g/mol. The van der Waals surface area contributed by atoms with E-state index in [0.29, 0.717) is 13.1 Å². The number of nitrogens with zero attached hydrogens (tertiary/aromatic N) is 2. The lowest BCUT2D eigenvalue weighted by atomic mass is 9.98. The first-order valence-corrected chi connectivity index (χ1v) is 8.19. The maximum absolute atomic E-state index is 13.8. The smallest absolute Gasteiger partial charge is 0.235 e. The van der Waals surface area contributed by atoms with Crippen LogP contribution in [0.1, 0.15) is 32.3 Å². The fraction of sp³-hybridized carbons (Fsp3) is 0.556. The van der Waals surface area contributed by atoms with Crippen molar-refractivity contribution in [2.75, 3.05) is 20.2 Å². The largest absolute Gasteiger partial charge is 0.494 e. The van der Waals surface area contributed by atoms with E-state index in [1.165, 1.54) is 13.2 Å². The Morgan fingerprint density at radius 1 is 1.54 bits per heavy atom. The van der Waals surface area contributed by atoms with Gasteiger partial charge in [0, 0.05) is 6.54 Å². The van der Waals surface area contributed by atoms with Crippen molar-refractivity contribution in [1.29, 1.82) is 5.26 Å². The van der Waals surface area contributed by atoms with Crippen LogP contribution in [0.4, 0.5) is 4.39 Å². The lowest BCUT2D eigenvalue weighted by molar-refractivity contribution is -0.123. The van der Waals surface area contributed by atoms with Gasteiger partial charge in [-0.3, -0.25) is 9.69 Å². The molecule has 0 bridgehead atoms. The lowest BCUT2D eigenvalue weighted by Gasteiger charge is -2.26. The predicted molar refractivity (Wildman–Crippen MR) is 88.8 cm³/mol. The van der Waals surface area contributed by atoms with Gasteiger partial charge in [-0.1, -0.05) is 13.0 Å². The second-order valence-corrected chi connectivity index (χ2v) is 6.41. The Kier molecular flexibility index (Phi) is 5.79. The van der Waals surface area contributed by atoms with Crippen molar-refractivity contribution in [3.8, 4) is 11.8 Å². The van der Waals surface area contributed by atoms with E-state index in [1.54, 1.807) is 19.1 Å². The summed E-state index contributed by atoms with van der Waals surface area (Å²) >= 11 is 0. The number of nitrogens with one attached hydrogen (secondary N) is 1. The molecular formula is C18H24FN3O2. The number of amides is 1. The van der Waals surface area contributed by atoms with Gasteiger partial charge in [0.05, 0.1) is 19.7 Å². The summed E-state index contributed by atoms with van der Waals surface area (Å²) in [6.07, 6.45) is 1.96.